The van der Waals surface area contributed by atoms with Gasteiger partial charge in [0.25, 0.3) is 0 Å². The van der Waals surface area contributed by atoms with Crippen molar-refractivity contribution < 1.29 is 0 Å². The van der Waals surface area contributed by atoms with Crippen LogP contribution in [0.3, 0.4) is 0 Å². The molecule has 0 amide bonds. The fourth-order valence-electron chi connectivity index (χ4n) is 2.50. The Labute approximate surface area is 95.2 Å². The van der Waals surface area contributed by atoms with E-state index >= 15 is 0 Å². The molecule has 3 heteroatoms. The first-order valence-electron chi connectivity index (χ1n) is 6.30. The van der Waals surface area contributed by atoms with Gasteiger partial charge in [0.05, 0.1) is 8.22 Å². The van der Waals surface area contributed by atoms with Crippen molar-refractivity contribution in [1.29, 1.82) is 0 Å². The molecule has 0 atom stereocenters. The van der Waals surface area contributed by atoms with E-state index in [1.165, 1.54) is 57.2 Å². The number of allylic oxidation sites excluding steroid dienone is 1. The zero-order chi connectivity index (χ0) is 10.7. The molecule has 0 bridgehead atoms. The number of nitrogens with zero attached hydrogens (tertiary/aromatic N) is 2. The highest BCUT2D eigenvalue weighted by molar-refractivity contribution is 7.57. The fraction of sp³-hybridized carbons (Fsp3) is 0.833. The summed E-state index contributed by atoms with van der Waals surface area (Å²) < 4.78 is 5.40. The highest BCUT2D eigenvalue weighted by atomic mass is 31.1. The summed E-state index contributed by atoms with van der Waals surface area (Å²) in [6, 6.07) is 0. The quantitative estimate of drug-likeness (QED) is 0.678. The molecular formula is C12H23N2P. The summed E-state index contributed by atoms with van der Waals surface area (Å²) in [5.41, 5.74) is 0. The molecule has 2 rings (SSSR count). The second kappa shape index (κ2) is 5.43. The summed E-state index contributed by atoms with van der Waals surface area (Å²) in [5.74, 6) is 0. The second-order valence-electron chi connectivity index (χ2n) is 4.53. The first kappa shape index (κ1) is 11.6. The minimum atomic E-state index is -0.152. The van der Waals surface area contributed by atoms with Crippen LogP contribution in [0.4, 0.5) is 0 Å². The van der Waals surface area contributed by atoms with Gasteiger partial charge in [-0.3, -0.25) is 9.34 Å². The molecule has 0 aromatic carbocycles. The van der Waals surface area contributed by atoms with Crippen molar-refractivity contribution in [2.24, 2.45) is 0 Å². The van der Waals surface area contributed by atoms with E-state index in [-0.39, 0.29) is 8.22 Å². The molecule has 0 saturated carbocycles. The Bertz CT molecular complexity index is 202. The first-order chi connectivity index (χ1) is 7.33. The van der Waals surface area contributed by atoms with Gasteiger partial charge in [-0.25, -0.2) is 0 Å². The van der Waals surface area contributed by atoms with Crippen LogP contribution in [0.15, 0.2) is 11.9 Å². The van der Waals surface area contributed by atoms with Gasteiger partial charge in [0, 0.05) is 26.2 Å². The minimum Gasteiger partial charge on any atom is -0.267 e. The Morgan fingerprint density at radius 3 is 1.73 bits per heavy atom. The van der Waals surface area contributed by atoms with Crippen LogP contribution in [0.25, 0.3) is 0 Å². The lowest BCUT2D eigenvalue weighted by Gasteiger charge is -2.35. The topological polar surface area (TPSA) is 6.48 Å². The Hall–Kier alpha value is 0.0900. The van der Waals surface area contributed by atoms with Gasteiger partial charge in [-0.05, 0) is 37.4 Å². The van der Waals surface area contributed by atoms with E-state index in [2.05, 4.69) is 22.8 Å². The van der Waals surface area contributed by atoms with Crippen LogP contribution in [0.5, 0.6) is 0 Å². The predicted octanol–water partition coefficient (Wildman–Crippen LogP) is 3.41. The summed E-state index contributed by atoms with van der Waals surface area (Å²) in [6.45, 7) is 11.8. The van der Waals surface area contributed by atoms with Crippen molar-refractivity contribution in [3.63, 3.8) is 0 Å². The molecule has 2 fully saturated rings. The number of hydrogen-bond acceptors (Lipinski definition) is 2. The van der Waals surface area contributed by atoms with E-state index in [0.29, 0.717) is 0 Å². The largest absolute Gasteiger partial charge is 0.267 e. The lowest BCUT2D eigenvalue weighted by molar-refractivity contribution is 0.478. The van der Waals surface area contributed by atoms with Crippen molar-refractivity contribution in [2.45, 2.75) is 39.0 Å². The summed E-state index contributed by atoms with van der Waals surface area (Å²) in [7, 11) is -0.152. The zero-order valence-electron chi connectivity index (χ0n) is 9.91. The predicted molar refractivity (Wildman–Crippen MR) is 68.0 cm³/mol. The summed E-state index contributed by atoms with van der Waals surface area (Å²) in [5, 5.41) is 1.48. The van der Waals surface area contributed by atoms with E-state index in [1.54, 1.807) is 0 Å². The van der Waals surface area contributed by atoms with Crippen LogP contribution in [-0.4, -0.2) is 35.5 Å². The lowest BCUT2D eigenvalue weighted by atomic mass is 10.4. The molecule has 15 heavy (non-hydrogen) atoms. The molecule has 2 aliphatic rings. The Kier molecular flexibility index (Phi) is 4.19. The fourth-order valence-corrected chi connectivity index (χ4v) is 5.26. The molecular weight excluding hydrogens is 203 g/mol. The van der Waals surface area contributed by atoms with Crippen LogP contribution in [-0.2, 0) is 0 Å². The third-order valence-corrected chi connectivity index (χ3v) is 6.15. The van der Waals surface area contributed by atoms with Crippen molar-refractivity contribution in [2.75, 3.05) is 26.2 Å². The van der Waals surface area contributed by atoms with E-state index in [1.807, 2.05) is 0 Å². The van der Waals surface area contributed by atoms with Gasteiger partial charge >= 0.3 is 0 Å². The minimum absolute atomic E-state index is 0.152. The van der Waals surface area contributed by atoms with Crippen molar-refractivity contribution in [3.05, 3.63) is 11.9 Å². The van der Waals surface area contributed by atoms with Gasteiger partial charge in [-0.1, -0.05) is 13.5 Å². The van der Waals surface area contributed by atoms with Gasteiger partial charge in [-0.15, -0.1) is 0 Å². The Morgan fingerprint density at radius 2 is 1.40 bits per heavy atom. The van der Waals surface area contributed by atoms with Gasteiger partial charge in [0.2, 0.25) is 0 Å². The summed E-state index contributed by atoms with van der Waals surface area (Å²) in [4.78, 5) is 0. The smallest absolute Gasteiger partial charge is 0.0675 e. The van der Waals surface area contributed by atoms with Crippen molar-refractivity contribution in [1.82, 2.24) is 9.34 Å². The molecule has 2 heterocycles. The lowest BCUT2D eigenvalue weighted by Crippen LogP contribution is -2.25. The average molecular weight is 226 g/mol. The van der Waals surface area contributed by atoms with Crippen LogP contribution in [0.2, 0.25) is 0 Å². The van der Waals surface area contributed by atoms with Gasteiger partial charge in [-0.2, -0.15) is 0 Å². The van der Waals surface area contributed by atoms with Crippen LogP contribution in [0.1, 0.15) is 39.0 Å². The summed E-state index contributed by atoms with van der Waals surface area (Å²) in [6.07, 6.45) is 6.72. The summed E-state index contributed by atoms with van der Waals surface area (Å²) >= 11 is 0. The normalized spacial score (nSPS) is 24.1. The zero-order valence-corrected chi connectivity index (χ0v) is 10.8. The molecule has 2 aliphatic heterocycles. The van der Waals surface area contributed by atoms with E-state index in [9.17, 15) is 0 Å². The van der Waals surface area contributed by atoms with Gasteiger partial charge in [0.15, 0.2) is 0 Å². The molecule has 0 aliphatic carbocycles. The van der Waals surface area contributed by atoms with Gasteiger partial charge in [0.1, 0.15) is 0 Å². The third-order valence-electron chi connectivity index (χ3n) is 3.39. The molecule has 0 aromatic rings. The monoisotopic (exact) mass is 226 g/mol. The second-order valence-corrected chi connectivity index (χ2v) is 6.87. The molecule has 86 valence electrons. The Morgan fingerprint density at radius 1 is 1.00 bits per heavy atom. The van der Waals surface area contributed by atoms with Crippen LogP contribution >= 0.6 is 8.22 Å². The molecule has 0 spiro atoms. The molecule has 0 radical (unpaired) electrons. The van der Waals surface area contributed by atoms with Crippen LogP contribution in [0, 0.1) is 0 Å². The maximum Gasteiger partial charge on any atom is 0.0675 e. The standard InChI is InChI=1S/C12H23N2P/c1-3-12(2)15(13-8-4-5-9-13)14-10-6-7-11-14/h2-11H2,1H3. The number of hydrogen-bond donors (Lipinski definition) is 0. The van der Waals surface area contributed by atoms with E-state index in [4.69, 9.17) is 0 Å². The van der Waals surface area contributed by atoms with Crippen molar-refractivity contribution >= 4 is 8.22 Å². The Balaban J connectivity index is 2.03. The number of rotatable bonds is 4. The van der Waals surface area contributed by atoms with Gasteiger partial charge < -0.3 is 0 Å². The maximum atomic E-state index is 4.31. The third kappa shape index (κ3) is 2.61. The average Bonchev–Trinajstić information content (AvgIpc) is 2.90. The van der Waals surface area contributed by atoms with Crippen molar-refractivity contribution in [3.8, 4) is 0 Å². The first-order valence-corrected chi connectivity index (χ1v) is 7.55. The highest BCUT2D eigenvalue weighted by Gasteiger charge is 2.30. The molecule has 2 nitrogen and oxygen atoms in total. The highest BCUT2D eigenvalue weighted by Crippen LogP contribution is 2.54. The molecule has 0 N–H and O–H groups in total. The molecule has 0 aromatic heterocycles. The van der Waals surface area contributed by atoms with E-state index < -0.39 is 0 Å². The molecule has 2 saturated heterocycles. The SMILES string of the molecule is C=C(CC)P(N1CCCC1)N1CCCC1. The van der Waals surface area contributed by atoms with Crippen LogP contribution < -0.4 is 0 Å². The maximum absolute atomic E-state index is 4.31. The van der Waals surface area contributed by atoms with E-state index in [0.717, 1.165) is 6.42 Å². The molecule has 0 unspecified atom stereocenters.